The Labute approximate surface area is 115 Å². The summed E-state index contributed by atoms with van der Waals surface area (Å²) in [6.07, 6.45) is -0.133. The van der Waals surface area contributed by atoms with Crippen LogP contribution in [0.4, 0.5) is 14.9 Å². The lowest BCUT2D eigenvalue weighted by Gasteiger charge is -2.20. The van der Waals surface area contributed by atoms with E-state index in [4.69, 9.17) is 16.7 Å². The summed E-state index contributed by atoms with van der Waals surface area (Å²) >= 11 is 5.60. The topological polar surface area (TPSA) is 69.6 Å². The van der Waals surface area contributed by atoms with Gasteiger partial charge >= 0.3 is 12.0 Å². The Morgan fingerprint density at radius 2 is 2.16 bits per heavy atom. The molecule has 0 aliphatic carbocycles. The Balaban J connectivity index is 2.65. The quantitative estimate of drug-likeness (QED) is 0.875. The fourth-order valence-electron chi connectivity index (χ4n) is 1.41. The van der Waals surface area contributed by atoms with Gasteiger partial charge in [0.2, 0.25) is 0 Å². The zero-order chi connectivity index (χ0) is 14.4. The second-order valence-corrected chi connectivity index (χ2v) is 4.19. The molecule has 1 aromatic carbocycles. The van der Waals surface area contributed by atoms with E-state index >= 15 is 0 Å². The molecule has 7 heteroatoms. The average Bonchev–Trinajstić information content (AvgIpc) is 2.34. The average molecular weight is 289 g/mol. The third kappa shape index (κ3) is 4.75. The van der Waals surface area contributed by atoms with Gasteiger partial charge in [0.05, 0.1) is 11.4 Å². The first-order chi connectivity index (χ1) is 8.93. The molecule has 1 aromatic rings. The molecule has 0 aliphatic heterocycles. The van der Waals surface area contributed by atoms with Crippen molar-refractivity contribution >= 4 is 29.3 Å². The number of hydrogen-bond acceptors (Lipinski definition) is 2. The number of nitrogens with zero attached hydrogens (tertiary/aromatic N) is 1. The van der Waals surface area contributed by atoms with E-state index in [2.05, 4.69) is 5.32 Å². The van der Waals surface area contributed by atoms with Gasteiger partial charge in [-0.05, 0) is 25.1 Å². The molecular formula is C12H14ClFN2O3. The first kappa shape index (κ1) is 15.2. The van der Waals surface area contributed by atoms with Gasteiger partial charge < -0.3 is 15.3 Å². The minimum atomic E-state index is -0.976. The summed E-state index contributed by atoms with van der Waals surface area (Å²) < 4.78 is 13.0. The molecule has 0 spiro atoms. The van der Waals surface area contributed by atoms with Gasteiger partial charge in [0, 0.05) is 18.8 Å². The standard InChI is InChI=1S/C12H14ClFN2O3/c1-2-16(6-5-11(17)18)12(19)15-8-3-4-10(14)9(13)7-8/h3-4,7H,2,5-6H2,1H3,(H,15,19)(H,17,18). The number of benzene rings is 1. The van der Waals surface area contributed by atoms with Gasteiger partial charge in [-0.2, -0.15) is 0 Å². The smallest absolute Gasteiger partial charge is 0.321 e. The minimum absolute atomic E-state index is 0.0913. The van der Waals surface area contributed by atoms with E-state index in [1.165, 1.54) is 17.0 Å². The van der Waals surface area contributed by atoms with Gasteiger partial charge in [0.15, 0.2) is 0 Å². The summed E-state index contributed by atoms with van der Waals surface area (Å²) in [5.74, 6) is -1.55. The van der Waals surface area contributed by atoms with Crippen LogP contribution in [-0.4, -0.2) is 35.1 Å². The largest absolute Gasteiger partial charge is 0.481 e. The molecule has 0 aromatic heterocycles. The van der Waals surface area contributed by atoms with Crippen LogP contribution in [0.25, 0.3) is 0 Å². The van der Waals surface area contributed by atoms with Gasteiger partial charge in [0.25, 0.3) is 0 Å². The molecule has 19 heavy (non-hydrogen) atoms. The Morgan fingerprint density at radius 1 is 1.47 bits per heavy atom. The van der Waals surface area contributed by atoms with Gasteiger partial charge in [-0.3, -0.25) is 4.79 Å². The number of carbonyl (C=O) groups excluding carboxylic acids is 1. The molecule has 0 bridgehead atoms. The maximum absolute atomic E-state index is 13.0. The summed E-state index contributed by atoms with van der Waals surface area (Å²) in [6, 6.07) is 3.36. The Hall–Kier alpha value is -1.82. The van der Waals surface area contributed by atoms with Crippen LogP contribution in [0.15, 0.2) is 18.2 Å². The van der Waals surface area contributed by atoms with E-state index in [-0.39, 0.29) is 18.0 Å². The van der Waals surface area contributed by atoms with Gasteiger partial charge in [-0.1, -0.05) is 11.6 Å². The SMILES string of the molecule is CCN(CCC(=O)O)C(=O)Nc1ccc(F)c(Cl)c1. The molecule has 0 saturated heterocycles. The lowest BCUT2D eigenvalue weighted by atomic mass is 10.3. The number of anilines is 1. The summed E-state index contributed by atoms with van der Waals surface area (Å²) in [5.41, 5.74) is 0.352. The number of hydrogen-bond donors (Lipinski definition) is 2. The van der Waals surface area contributed by atoms with Crippen LogP contribution in [-0.2, 0) is 4.79 Å². The number of urea groups is 1. The van der Waals surface area contributed by atoms with Crippen molar-refractivity contribution in [1.82, 2.24) is 4.90 Å². The Bertz CT molecular complexity index is 482. The van der Waals surface area contributed by atoms with Crippen molar-refractivity contribution in [1.29, 1.82) is 0 Å². The van der Waals surface area contributed by atoms with Gasteiger partial charge in [-0.15, -0.1) is 0 Å². The monoisotopic (exact) mass is 288 g/mol. The van der Waals surface area contributed by atoms with Crippen molar-refractivity contribution in [2.24, 2.45) is 0 Å². The lowest BCUT2D eigenvalue weighted by Crippen LogP contribution is -2.36. The van der Waals surface area contributed by atoms with Crippen molar-refractivity contribution in [2.45, 2.75) is 13.3 Å². The number of amides is 2. The molecule has 0 unspecified atom stereocenters. The zero-order valence-corrected chi connectivity index (χ0v) is 11.1. The van der Waals surface area contributed by atoms with E-state index in [1.54, 1.807) is 6.92 Å². The summed E-state index contributed by atoms with van der Waals surface area (Å²) in [5, 5.41) is 11.0. The van der Waals surface area contributed by atoms with Crippen molar-refractivity contribution in [3.05, 3.63) is 29.0 Å². The van der Waals surface area contributed by atoms with Crippen LogP contribution in [0.1, 0.15) is 13.3 Å². The fraction of sp³-hybridized carbons (Fsp3) is 0.333. The predicted octanol–water partition coefficient (Wildman–Crippen LogP) is 2.81. The first-order valence-electron chi connectivity index (χ1n) is 5.66. The van der Waals surface area contributed by atoms with Crippen LogP contribution < -0.4 is 5.32 Å². The number of carbonyl (C=O) groups is 2. The third-order valence-electron chi connectivity index (χ3n) is 2.44. The van der Waals surface area contributed by atoms with Crippen molar-refractivity contribution in [3.8, 4) is 0 Å². The van der Waals surface area contributed by atoms with Crippen LogP contribution in [0.3, 0.4) is 0 Å². The number of nitrogens with one attached hydrogen (secondary N) is 1. The van der Waals surface area contributed by atoms with Crippen molar-refractivity contribution < 1.29 is 19.1 Å². The van der Waals surface area contributed by atoms with E-state index in [1.807, 2.05) is 0 Å². The number of halogens is 2. The van der Waals surface area contributed by atoms with E-state index in [9.17, 15) is 14.0 Å². The summed E-state index contributed by atoms with van der Waals surface area (Å²) in [7, 11) is 0. The summed E-state index contributed by atoms with van der Waals surface area (Å²) in [6.45, 7) is 2.21. The van der Waals surface area contributed by atoms with E-state index in [0.29, 0.717) is 12.2 Å². The second-order valence-electron chi connectivity index (χ2n) is 3.78. The van der Waals surface area contributed by atoms with E-state index in [0.717, 1.165) is 6.07 Å². The van der Waals surface area contributed by atoms with Crippen LogP contribution in [0.2, 0.25) is 5.02 Å². The highest BCUT2D eigenvalue weighted by molar-refractivity contribution is 6.31. The molecular weight excluding hydrogens is 275 g/mol. The minimum Gasteiger partial charge on any atom is -0.481 e. The predicted molar refractivity (Wildman–Crippen MR) is 69.9 cm³/mol. The van der Waals surface area contributed by atoms with Crippen LogP contribution in [0, 0.1) is 5.82 Å². The number of rotatable bonds is 5. The molecule has 0 fully saturated rings. The highest BCUT2D eigenvalue weighted by atomic mass is 35.5. The number of carboxylic acid groups (broad SMARTS) is 1. The fourth-order valence-corrected chi connectivity index (χ4v) is 1.59. The lowest BCUT2D eigenvalue weighted by molar-refractivity contribution is -0.137. The Morgan fingerprint density at radius 3 is 2.68 bits per heavy atom. The normalized spacial score (nSPS) is 10.1. The molecule has 0 saturated carbocycles. The van der Waals surface area contributed by atoms with Crippen molar-refractivity contribution in [2.75, 3.05) is 18.4 Å². The molecule has 0 atom stereocenters. The van der Waals surface area contributed by atoms with Crippen LogP contribution >= 0.6 is 11.6 Å². The molecule has 2 amide bonds. The highest BCUT2D eigenvalue weighted by Crippen LogP contribution is 2.19. The maximum atomic E-state index is 13.0. The molecule has 5 nitrogen and oxygen atoms in total. The van der Waals surface area contributed by atoms with Crippen molar-refractivity contribution in [3.63, 3.8) is 0 Å². The number of carboxylic acids is 1. The third-order valence-corrected chi connectivity index (χ3v) is 2.73. The molecule has 0 aliphatic rings. The molecule has 0 radical (unpaired) electrons. The second kappa shape index (κ2) is 6.94. The maximum Gasteiger partial charge on any atom is 0.321 e. The molecule has 104 valence electrons. The molecule has 2 N–H and O–H groups in total. The van der Waals surface area contributed by atoms with Gasteiger partial charge in [-0.25, -0.2) is 9.18 Å². The highest BCUT2D eigenvalue weighted by Gasteiger charge is 2.13. The first-order valence-corrected chi connectivity index (χ1v) is 6.04. The Kier molecular flexibility index (Phi) is 5.57. The number of aliphatic carboxylic acids is 1. The van der Waals surface area contributed by atoms with Crippen LogP contribution in [0.5, 0.6) is 0 Å². The zero-order valence-electron chi connectivity index (χ0n) is 10.3. The molecule has 1 rings (SSSR count). The van der Waals surface area contributed by atoms with Gasteiger partial charge in [0.1, 0.15) is 5.82 Å². The summed E-state index contributed by atoms with van der Waals surface area (Å²) in [4.78, 5) is 23.6. The van der Waals surface area contributed by atoms with E-state index < -0.39 is 17.8 Å². The molecule has 0 heterocycles.